The van der Waals surface area contributed by atoms with Crippen LogP contribution in [0.4, 0.5) is 0 Å². The highest BCUT2D eigenvalue weighted by molar-refractivity contribution is 5.97. The Balaban J connectivity index is 2.10. The molecule has 21 heavy (non-hydrogen) atoms. The van der Waals surface area contributed by atoms with Crippen molar-refractivity contribution in [2.24, 2.45) is 5.10 Å². The molecule has 0 saturated heterocycles. The van der Waals surface area contributed by atoms with Gasteiger partial charge in [-0.1, -0.05) is 0 Å². The van der Waals surface area contributed by atoms with Gasteiger partial charge in [0.25, 0.3) is 5.91 Å². The molecule has 0 aromatic heterocycles. The van der Waals surface area contributed by atoms with Gasteiger partial charge in [0.15, 0.2) is 0 Å². The van der Waals surface area contributed by atoms with Crippen LogP contribution in [-0.2, 0) is 0 Å². The second-order valence-corrected chi connectivity index (χ2v) is 4.14. The van der Waals surface area contributed by atoms with Crippen molar-refractivity contribution < 1.29 is 25.2 Å². The molecular weight excluding hydrogens is 276 g/mol. The maximum absolute atomic E-state index is 11.7. The van der Waals surface area contributed by atoms with Gasteiger partial charge in [-0.25, -0.2) is 5.43 Å². The van der Waals surface area contributed by atoms with Gasteiger partial charge in [0.1, 0.15) is 23.0 Å². The normalized spacial score (nSPS) is 10.7. The number of carbonyl (C=O) groups excluding carboxylic acids is 1. The molecular formula is C14H12N2O5. The van der Waals surface area contributed by atoms with E-state index in [1.807, 2.05) is 0 Å². The summed E-state index contributed by atoms with van der Waals surface area (Å²) < 4.78 is 0. The molecule has 0 unspecified atom stereocenters. The Morgan fingerprint density at radius 1 is 0.952 bits per heavy atom. The van der Waals surface area contributed by atoms with Gasteiger partial charge in [0.2, 0.25) is 0 Å². The van der Waals surface area contributed by atoms with E-state index in [0.29, 0.717) is 0 Å². The minimum atomic E-state index is -0.724. The number of carbonyl (C=O) groups is 1. The van der Waals surface area contributed by atoms with E-state index >= 15 is 0 Å². The van der Waals surface area contributed by atoms with Crippen LogP contribution in [0.5, 0.6) is 23.0 Å². The van der Waals surface area contributed by atoms with Crippen molar-refractivity contribution >= 4 is 12.1 Å². The van der Waals surface area contributed by atoms with Crippen LogP contribution in [0.1, 0.15) is 15.9 Å². The molecule has 2 rings (SSSR count). The van der Waals surface area contributed by atoms with Crippen LogP contribution in [0, 0.1) is 0 Å². The highest BCUT2D eigenvalue weighted by Gasteiger charge is 2.11. The third-order valence-electron chi connectivity index (χ3n) is 2.61. The summed E-state index contributed by atoms with van der Waals surface area (Å²) in [6, 6.07) is 7.40. The molecule has 2 aromatic carbocycles. The van der Waals surface area contributed by atoms with E-state index in [1.165, 1.54) is 30.5 Å². The third kappa shape index (κ3) is 3.41. The molecule has 2 aromatic rings. The molecule has 1 amide bonds. The van der Waals surface area contributed by atoms with Crippen molar-refractivity contribution in [1.82, 2.24) is 5.43 Å². The molecule has 0 heterocycles. The minimum Gasteiger partial charge on any atom is -0.508 e. The van der Waals surface area contributed by atoms with Crippen molar-refractivity contribution in [2.75, 3.05) is 0 Å². The fourth-order valence-corrected chi connectivity index (χ4v) is 1.57. The topological polar surface area (TPSA) is 122 Å². The molecule has 7 nitrogen and oxygen atoms in total. The van der Waals surface area contributed by atoms with Crippen molar-refractivity contribution in [2.45, 2.75) is 0 Å². The first-order valence-corrected chi connectivity index (χ1v) is 5.85. The number of aromatic hydroxyl groups is 4. The zero-order valence-electron chi connectivity index (χ0n) is 10.7. The van der Waals surface area contributed by atoms with Crippen LogP contribution >= 0.6 is 0 Å². The number of phenolic OH excluding ortho intramolecular Hbond substituents is 4. The maximum atomic E-state index is 11.7. The first kappa shape index (κ1) is 14.2. The molecule has 5 N–H and O–H groups in total. The Labute approximate surface area is 119 Å². The number of nitrogens with one attached hydrogen (secondary N) is 1. The summed E-state index contributed by atoms with van der Waals surface area (Å²) in [5.74, 6) is -1.49. The summed E-state index contributed by atoms with van der Waals surface area (Å²) in [4.78, 5) is 11.7. The lowest BCUT2D eigenvalue weighted by atomic mass is 10.2. The lowest BCUT2D eigenvalue weighted by molar-refractivity contribution is 0.0952. The molecule has 7 heteroatoms. The van der Waals surface area contributed by atoms with Gasteiger partial charge in [-0.05, 0) is 30.3 Å². The van der Waals surface area contributed by atoms with E-state index in [4.69, 9.17) is 5.11 Å². The molecule has 108 valence electrons. The second-order valence-electron chi connectivity index (χ2n) is 4.14. The Kier molecular flexibility index (Phi) is 3.94. The van der Waals surface area contributed by atoms with E-state index in [9.17, 15) is 20.1 Å². The molecule has 0 atom stereocenters. The largest absolute Gasteiger partial charge is 0.508 e. The number of hydrogen-bond acceptors (Lipinski definition) is 6. The Bertz CT molecular complexity index is 713. The highest BCUT2D eigenvalue weighted by Crippen LogP contribution is 2.22. The number of nitrogens with zero attached hydrogens (tertiary/aromatic N) is 1. The van der Waals surface area contributed by atoms with E-state index in [0.717, 1.165) is 12.1 Å². The SMILES string of the molecule is O=C(NN=Cc1ccc(O)cc1O)c1cc(O)ccc1O. The van der Waals surface area contributed by atoms with Crippen molar-refractivity contribution in [1.29, 1.82) is 0 Å². The molecule has 0 spiro atoms. The van der Waals surface area contributed by atoms with Crippen LogP contribution in [-0.4, -0.2) is 32.5 Å². The first-order valence-electron chi connectivity index (χ1n) is 5.85. The summed E-state index contributed by atoms with van der Waals surface area (Å²) in [6.45, 7) is 0. The maximum Gasteiger partial charge on any atom is 0.275 e. The Hall–Kier alpha value is -3.22. The monoisotopic (exact) mass is 288 g/mol. The lowest BCUT2D eigenvalue weighted by Gasteiger charge is -2.03. The van der Waals surface area contributed by atoms with Gasteiger partial charge in [-0.3, -0.25) is 4.79 Å². The number of rotatable bonds is 3. The number of hydrazone groups is 1. The van der Waals surface area contributed by atoms with E-state index in [1.54, 1.807) is 0 Å². The molecule has 0 bridgehead atoms. The summed E-state index contributed by atoms with van der Waals surface area (Å²) >= 11 is 0. The molecule has 0 saturated carbocycles. The zero-order valence-corrected chi connectivity index (χ0v) is 10.7. The number of benzene rings is 2. The highest BCUT2D eigenvalue weighted by atomic mass is 16.3. The van der Waals surface area contributed by atoms with Gasteiger partial charge in [-0.15, -0.1) is 0 Å². The fourth-order valence-electron chi connectivity index (χ4n) is 1.57. The Morgan fingerprint density at radius 2 is 1.62 bits per heavy atom. The number of hydrogen-bond donors (Lipinski definition) is 5. The van der Waals surface area contributed by atoms with Crippen LogP contribution in [0.25, 0.3) is 0 Å². The standard InChI is InChI=1S/C14H12N2O5/c17-9-3-4-12(19)11(5-9)14(21)16-15-7-8-1-2-10(18)6-13(8)20/h1-7,17-20H,(H,16,21). The fraction of sp³-hybridized carbons (Fsp3) is 0. The van der Waals surface area contributed by atoms with E-state index in [2.05, 4.69) is 10.5 Å². The molecule has 0 aliphatic heterocycles. The summed E-state index contributed by atoms with van der Waals surface area (Å²) in [6.07, 6.45) is 1.17. The van der Waals surface area contributed by atoms with Crippen LogP contribution in [0.15, 0.2) is 41.5 Å². The average molecular weight is 288 g/mol. The number of phenols is 4. The van der Waals surface area contributed by atoms with Crippen LogP contribution in [0.3, 0.4) is 0 Å². The lowest BCUT2D eigenvalue weighted by Crippen LogP contribution is -2.17. The van der Waals surface area contributed by atoms with Gasteiger partial charge in [0.05, 0.1) is 11.8 Å². The van der Waals surface area contributed by atoms with Gasteiger partial charge < -0.3 is 20.4 Å². The molecule has 0 aliphatic rings. The van der Waals surface area contributed by atoms with Crippen LogP contribution < -0.4 is 5.43 Å². The first-order chi connectivity index (χ1) is 9.97. The van der Waals surface area contributed by atoms with E-state index < -0.39 is 5.91 Å². The van der Waals surface area contributed by atoms with Gasteiger partial charge in [-0.2, -0.15) is 5.10 Å². The summed E-state index contributed by atoms with van der Waals surface area (Å²) in [5.41, 5.74) is 2.29. The minimum absolute atomic E-state index is 0.0987. The van der Waals surface area contributed by atoms with Gasteiger partial charge in [0, 0.05) is 11.6 Å². The average Bonchev–Trinajstić information content (AvgIpc) is 2.43. The van der Waals surface area contributed by atoms with Crippen molar-refractivity contribution in [3.05, 3.63) is 47.5 Å². The second kappa shape index (κ2) is 5.83. The molecule has 0 aliphatic carbocycles. The smallest absolute Gasteiger partial charge is 0.275 e. The van der Waals surface area contributed by atoms with E-state index in [-0.39, 0.29) is 34.1 Å². The predicted octanol–water partition coefficient (Wildman–Crippen LogP) is 1.27. The number of amides is 1. The summed E-state index contributed by atoms with van der Waals surface area (Å²) in [5, 5.41) is 41.0. The predicted molar refractivity (Wildman–Crippen MR) is 74.6 cm³/mol. The van der Waals surface area contributed by atoms with Crippen molar-refractivity contribution in [3.8, 4) is 23.0 Å². The third-order valence-corrected chi connectivity index (χ3v) is 2.61. The zero-order chi connectivity index (χ0) is 15.4. The summed E-state index contributed by atoms with van der Waals surface area (Å²) in [7, 11) is 0. The quantitative estimate of drug-likeness (QED) is 0.331. The molecule has 0 fully saturated rings. The van der Waals surface area contributed by atoms with Crippen molar-refractivity contribution in [3.63, 3.8) is 0 Å². The van der Waals surface area contributed by atoms with Gasteiger partial charge >= 0.3 is 0 Å². The Morgan fingerprint density at radius 3 is 2.33 bits per heavy atom. The molecule has 0 radical (unpaired) electrons. The van der Waals surface area contributed by atoms with Crippen LogP contribution in [0.2, 0.25) is 0 Å².